The lowest BCUT2D eigenvalue weighted by Gasteiger charge is -2.35. The van der Waals surface area contributed by atoms with Crippen molar-refractivity contribution in [1.29, 1.82) is 0 Å². The molecule has 2 atom stereocenters. The summed E-state index contributed by atoms with van der Waals surface area (Å²) in [6, 6.07) is 8.43. The minimum Gasteiger partial charge on any atom is -0.327 e. The van der Waals surface area contributed by atoms with Crippen molar-refractivity contribution in [3.8, 4) is 0 Å². The van der Waals surface area contributed by atoms with Gasteiger partial charge in [-0.25, -0.2) is 0 Å². The highest BCUT2D eigenvalue weighted by Crippen LogP contribution is 2.21. The number of benzene rings is 1. The Kier molecular flexibility index (Phi) is 3.85. The van der Waals surface area contributed by atoms with Crippen molar-refractivity contribution in [2.45, 2.75) is 25.9 Å². The first-order valence-corrected chi connectivity index (χ1v) is 6.26. The molecule has 88 valence electrons. The molecule has 2 N–H and O–H groups in total. The van der Waals surface area contributed by atoms with Gasteiger partial charge in [0.1, 0.15) is 0 Å². The number of hydrogen-bond acceptors (Lipinski definition) is 2. The SMILES string of the molecule is CC1CN(Cc2ccccc2Cl)CCC1N. The maximum Gasteiger partial charge on any atom is 0.0451 e. The van der Waals surface area contributed by atoms with Crippen LogP contribution in [0.25, 0.3) is 0 Å². The summed E-state index contributed by atoms with van der Waals surface area (Å²) in [5, 5.41) is 0.866. The van der Waals surface area contributed by atoms with Gasteiger partial charge in [-0.3, -0.25) is 4.90 Å². The van der Waals surface area contributed by atoms with E-state index in [1.165, 1.54) is 5.56 Å². The molecule has 1 aliphatic heterocycles. The van der Waals surface area contributed by atoms with Gasteiger partial charge < -0.3 is 5.73 Å². The van der Waals surface area contributed by atoms with E-state index < -0.39 is 0 Å². The lowest BCUT2D eigenvalue weighted by atomic mass is 9.94. The molecule has 0 bridgehead atoms. The fourth-order valence-electron chi connectivity index (χ4n) is 2.26. The van der Waals surface area contributed by atoms with Crippen LogP contribution < -0.4 is 5.73 Å². The number of likely N-dealkylation sites (tertiary alicyclic amines) is 1. The molecule has 0 amide bonds. The van der Waals surface area contributed by atoms with Crippen molar-refractivity contribution in [3.05, 3.63) is 34.9 Å². The van der Waals surface area contributed by atoms with Gasteiger partial charge in [-0.15, -0.1) is 0 Å². The molecule has 0 spiro atoms. The zero-order valence-electron chi connectivity index (χ0n) is 9.70. The smallest absolute Gasteiger partial charge is 0.0451 e. The normalized spacial score (nSPS) is 26.9. The van der Waals surface area contributed by atoms with Gasteiger partial charge in [-0.1, -0.05) is 36.7 Å². The minimum absolute atomic E-state index is 0.363. The summed E-state index contributed by atoms with van der Waals surface area (Å²) in [4.78, 5) is 2.44. The van der Waals surface area contributed by atoms with E-state index in [0.29, 0.717) is 12.0 Å². The monoisotopic (exact) mass is 238 g/mol. The quantitative estimate of drug-likeness (QED) is 0.858. The van der Waals surface area contributed by atoms with Gasteiger partial charge in [-0.2, -0.15) is 0 Å². The molecule has 2 unspecified atom stereocenters. The first-order chi connectivity index (χ1) is 7.66. The van der Waals surface area contributed by atoms with E-state index in [2.05, 4.69) is 17.9 Å². The highest BCUT2D eigenvalue weighted by Gasteiger charge is 2.23. The van der Waals surface area contributed by atoms with Crippen LogP contribution in [0, 0.1) is 5.92 Å². The Balaban J connectivity index is 1.98. The van der Waals surface area contributed by atoms with Crippen LogP contribution in [0.2, 0.25) is 5.02 Å². The fourth-order valence-corrected chi connectivity index (χ4v) is 2.46. The van der Waals surface area contributed by atoms with E-state index in [1.54, 1.807) is 0 Å². The number of rotatable bonds is 2. The van der Waals surface area contributed by atoms with Gasteiger partial charge in [0, 0.05) is 24.2 Å². The van der Waals surface area contributed by atoms with Crippen LogP contribution in [0.1, 0.15) is 18.9 Å². The Morgan fingerprint density at radius 1 is 1.44 bits per heavy atom. The van der Waals surface area contributed by atoms with Crippen molar-refractivity contribution < 1.29 is 0 Å². The van der Waals surface area contributed by atoms with Crippen LogP contribution in [-0.4, -0.2) is 24.0 Å². The average molecular weight is 239 g/mol. The number of halogens is 1. The third kappa shape index (κ3) is 2.76. The summed E-state index contributed by atoms with van der Waals surface area (Å²) < 4.78 is 0. The molecular weight excluding hydrogens is 220 g/mol. The van der Waals surface area contributed by atoms with Gasteiger partial charge >= 0.3 is 0 Å². The van der Waals surface area contributed by atoms with Crippen LogP contribution in [0.5, 0.6) is 0 Å². The van der Waals surface area contributed by atoms with E-state index in [4.69, 9.17) is 17.3 Å². The molecule has 16 heavy (non-hydrogen) atoms. The minimum atomic E-state index is 0.363. The average Bonchev–Trinajstić information content (AvgIpc) is 2.27. The fraction of sp³-hybridized carbons (Fsp3) is 0.538. The number of nitrogens with zero attached hydrogens (tertiary/aromatic N) is 1. The summed E-state index contributed by atoms with van der Waals surface area (Å²) in [6.07, 6.45) is 1.09. The first-order valence-electron chi connectivity index (χ1n) is 5.88. The van der Waals surface area contributed by atoms with Crippen molar-refractivity contribution in [3.63, 3.8) is 0 Å². The third-order valence-corrected chi connectivity index (χ3v) is 3.78. The van der Waals surface area contributed by atoms with Gasteiger partial charge in [0.15, 0.2) is 0 Å². The lowest BCUT2D eigenvalue weighted by Crippen LogP contribution is -2.45. The van der Waals surface area contributed by atoms with Crippen molar-refractivity contribution in [2.75, 3.05) is 13.1 Å². The van der Waals surface area contributed by atoms with Gasteiger partial charge in [0.25, 0.3) is 0 Å². The van der Waals surface area contributed by atoms with Crippen LogP contribution in [0.3, 0.4) is 0 Å². The van der Waals surface area contributed by atoms with E-state index in [9.17, 15) is 0 Å². The summed E-state index contributed by atoms with van der Waals surface area (Å²) in [7, 11) is 0. The van der Waals surface area contributed by atoms with Crippen LogP contribution in [0.15, 0.2) is 24.3 Å². The summed E-state index contributed by atoms with van der Waals surface area (Å²) >= 11 is 6.16. The van der Waals surface area contributed by atoms with Gasteiger partial charge in [0.05, 0.1) is 0 Å². The zero-order chi connectivity index (χ0) is 11.5. The van der Waals surface area contributed by atoms with Crippen molar-refractivity contribution in [2.24, 2.45) is 11.7 Å². The van der Waals surface area contributed by atoms with Crippen molar-refractivity contribution >= 4 is 11.6 Å². The van der Waals surface area contributed by atoms with E-state index in [1.807, 2.05) is 18.2 Å². The van der Waals surface area contributed by atoms with Gasteiger partial charge in [0.2, 0.25) is 0 Å². The van der Waals surface area contributed by atoms with Crippen LogP contribution in [0.4, 0.5) is 0 Å². The van der Waals surface area contributed by atoms with Crippen molar-refractivity contribution in [1.82, 2.24) is 4.90 Å². The van der Waals surface area contributed by atoms with Crippen LogP contribution in [-0.2, 0) is 6.54 Å². The van der Waals surface area contributed by atoms with E-state index >= 15 is 0 Å². The molecule has 2 nitrogen and oxygen atoms in total. The molecule has 1 aromatic rings. The highest BCUT2D eigenvalue weighted by atomic mass is 35.5. The molecule has 1 aromatic carbocycles. The predicted octanol–water partition coefficient (Wildman–Crippen LogP) is 2.51. The Morgan fingerprint density at radius 3 is 2.88 bits per heavy atom. The van der Waals surface area contributed by atoms with E-state index in [-0.39, 0.29) is 0 Å². The Morgan fingerprint density at radius 2 is 2.19 bits per heavy atom. The number of piperidine rings is 1. The summed E-state index contributed by atoms with van der Waals surface area (Å²) in [5.74, 6) is 0.580. The van der Waals surface area contributed by atoms with Gasteiger partial charge in [-0.05, 0) is 30.5 Å². The summed E-state index contributed by atoms with van der Waals surface area (Å²) in [6.45, 7) is 5.32. The molecule has 0 aliphatic carbocycles. The lowest BCUT2D eigenvalue weighted by molar-refractivity contribution is 0.158. The summed E-state index contributed by atoms with van der Waals surface area (Å²) in [5.41, 5.74) is 7.23. The molecule has 0 radical (unpaired) electrons. The topological polar surface area (TPSA) is 29.3 Å². The number of hydrogen-bond donors (Lipinski definition) is 1. The van der Waals surface area contributed by atoms with E-state index in [0.717, 1.165) is 31.1 Å². The Labute approximate surface area is 102 Å². The first kappa shape index (κ1) is 11.9. The predicted molar refractivity (Wildman–Crippen MR) is 68.5 cm³/mol. The zero-order valence-corrected chi connectivity index (χ0v) is 10.5. The molecular formula is C13H19ClN2. The second kappa shape index (κ2) is 5.17. The highest BCUT2D eigenvalue weighted by molar-refractivity contribution is 6.31. The second-order valence-corrected chi connectivity index (χ2v) is 5.16. The standard InChI is InChI=1S/C13H19ClN2/c1-10-8-16(7-6-13(10)15)9-11-4-2-3-5-12(11)14/h2-5,10,13H,6-9,15H2,1H3. The molecule has 1 aliphatic rings. The largest absolute Gasteiger partial charge is 0.327 e. The maximum absolute atomic E-state index is 6.16. The molecule has 1 heterocycles. The molecule has 3 heteroatoms. The number of nitrogens with two attached hydrogens (primary N) is 1. The Hall–Kier alpha value is -0.570. The molecule has 2 rings (SSSR count). The molecule has 1 saturated heterocycles. The Bertz CT molecular complexity index is 354. The third-order valence-electron chi connectivity index (χ3n) is 3.41. The van der Waals surface area contributed by atoms with Crippen LogP contribution >= 0.6 is 11.6 Å². The second-order valence-electron chi connectivity index (χ2n) is 4.76. The molecule has 0 aromatic heterocycles. The maximum atomic E-state index is 6.16. The molecule has 0 saturated carbocycles. The molecule has 1 fully saturated rings.